The minimum atomic E-state index is -0.119. The minimum absolute atomic E-state index is 0.0165. The van der Waals surface area contributed by atoms with Crippen LogP contribution in [0.3, 0.4) is 0 Å². The number of rotatable bonds is 15. The maximum atomic E-state index is 12.1. The van der Waals surface area contributed by atoms with Gasteiger partial charge in [-0.3, -0.25) is 4.79 Å². The SMILES string of the molecule is C=CCc1ccccc1OCCCCn1c(CCCNC(=O)COc2ccccc2)nc2ccccc21. The highest BCUT2D eigenvalue weighted by Crippen LogP contribution is 2.20. The number of unbranched alkanes of at least 4 members (excludes halogenated alkanes) is 1. The van der Waals surface area contributed by atoms with Crippen LogP contribution in [0.2, 0.25) is 0 Å². The van der Waals surface area contributed by atoms with Crippen LogP contribution in [-0.2, 0) is 24.2 Å². The highest BCUT2D eigenvalue weighted by molar-refractivity contribution is 5.77. The second-order valence-electron chi connectivity index (χ2n) is 8.88. The van der Waals surface area contributed by atoms with Gasteiger partial charge in [-0.15, -0.1) is 6.58 Å². The van der Waals surface area contributed by atoms with Crippen LogP contribution in [0, 0.1) is 0 Å². The van der Waals surface area contributed by atoms with Gasteiger partial charge in [-0.2, -0.15) is 0 Å². The number of hydrogen-bond acceptors (Lipinski definition) is 4. The molecule has 1 heterocycles. The van der Waals surface area contributed by atoms with E-state index in [9.17, 15) is 4.79 Å². The Morgan fingerprint density at radius 1 is 0.919 bits per heavy atom. The van der Waals surface area contributed by atoms with E-state index < -0.39 is 0 Å². The van der Waals surface area contributed by atoms with Crippen LogP contribution in [0.1, 0.15) is 30.7 Å². The number of amides is 1. The van der Waals surface area contributed by atoms with Crippen molar-refractivity contribution in [1.29, 1.82) is 0 Å². The van der Waals surface area contributed by atoms with Gasteiger partial charge in [-0.05, 0) is 61.6 Å². The van der Waals surface area contributed by atoms with Crippen LogP contribution in [0.15, 0.2) is 91.5 Å². The molecule has 0 radical (unpaired) electrons. The Morgan fingerprint density at radius 3 is 2.57 bits per heavy atom. The predicted molar refractivity (Wildman–Crippen MR) is 148 cm³/mol. The van der Waals surface area contributed by atoms with Crippen molar-refractivity contribution in [2.45, 2.75) is 38.6 Å². The van der Waals surface area contributed by atoms with E-state index in [0.717, 1.165) is 61.3 Å². The van der Waals surface area contributed by atoms with Gasteiger partial charge in [0.25, 0.3) is 5.91 Å². The first-order valence-electron chi connectivity index (χ1n) is 12.9. The summed E-state index contributed by atoms with van der Waals surface area (Å²) in [6, 6.07) is 25.7. The summed E-state index contributed by atoms with van der Waals surface area (Å²) < 4.78 is 13.9. The Bertz CT molecular complexity index is 1280. The van der Waals surface area contributed by atoms with Crippen molar-refractivity contribution < 1.29 is 14.3 Å². The van der Waals surface area contributed by atoms with E-state index in [1.165, 1.54) is 5.56 Å². The van der Waals surface area contributed by atoms with E-state index in [0.29, 0.717) is 18.9 Å². The summed E-state index contributed by atoms with van der Waals surface area (Å²) in [5, 5.41) is 2.94. The zero-order valence-electron chi connectivity index (χ0n) is 21.3. The van der Waals surface area contributed by atoms with Crippen LogP contribution < -0.4 is 14.8 Å². The summed E-state index contributed by atoms with van der Waals surface area (Å²) in [7, 11) is 0. The lowest BCUT2D eigenvalue weighted by Gasteiger charge is -2.12. The van der Waals surface area contributed by atoms with Gasteiger partial charge in [0, 0.05) is 19.5 Å². The van der Waals surface area contributed by atoms with Crippen molar-refractivity contribution in [3.8, 4) is 11.5 Å². The Morgan fingerprint density at radius 2 is 1.70 bits per heavy atom. The second-order valence-corrected chi connectivity index (χ2v) is 8.88. The number of benzene rings is 3. The molecular formula is C31H35N3O3. The molecule has 0 atom stereocenters. The van der Waals surface area contributed by atoms with Gasteiger partial charge in [0.2, 0.25) is 0 Å². The van der Waals surface area contributed by atoms with Crippen molar-refractivity contribution in [3.63, 3.8) is 0 Å². The van der Waals surface area contributed by atoms with Crippen LogP contribution in [0.4, 0.5) is 0 Å². The van der Waals surface area contributed by atoms with Crippen LogP contribution in [0.5, 0.6) is 11.5 Å². The van der Waals surface area contributed by atoms with E-state index in [4.69, 9.17) is 14.5 Å². The molecule has 0 aliphatic rings. The molecule has 192 valence electrons. The van der Waals surface area contributed by atoms with E-state index in [1.54, 1.807) is 0 Å². The van der Waals surface area contributed by atoms with Gasteiger partial charge < -0.3 is 19.4 Å². The molecule has 1 amide bonds. The third kappa shape index (κ3) is 7.71. The van der Waals surface area contributed by atoms with Crippen molar-refractivity contribution >= 4 is 16.9 Å². The topological polar surface area (TPSA) is 65.4 Å². The monoisotopic (exact) mass is 497 g/mol. The third-order valence-corrected chi connectivity index (χ3v) is 6.12. The second kappa shape index (κ2) is 13.9. The molecule has 0 aliphatic heterocycles. The lowest BCUT2D eigenvalue weighted by molar-refractivity contribution is -0.123. The molecular weight excluding hydrogens is 462 g/mol. The molecule has 0 saturated heterocycles. The molecule has 0 bridgehead atoms. The number of carbonyl (C=O) groups is 1. The van der Waals surface area contributed by atoms with Gasteiger partial charge in [-0.1, -0.05) is 54.6 Å². The average Bonchev–Trinajstić information content (AvgIpc) is 3.28. The van der Waals surface area contributed by atoms with Crippen molar-refractivity contribution in [2.24, 2.45) is 0 Å². The minimum Gasteiger partial charge on any atom is -0.493 e. The zero-order chi connectivity index (χ0) is 25.7. The molecule has 0 fully saturated rings. The molecule has 3 aromatic carbocycles. The Hall–Kier alpha value is -4.06. The van der Waals surface area contributed by atoms with Crippen molar-refractivity contribution in [2.75, 3.05) is 19.8 Å². The summed E-state index contributed by atoms with van der Waals surface area (Å²) in [6.45, 7) is 5.98. The molecule has 1 N–H and O–H groups in total. The van der Waals surface area contributed by atoms with Gasteiger partial charge in [0.05, 0.1) is 17.6 Å². The number of allylic oxidation sites excluding steroid dienone is 1. The molecule has 6 nitrogen and oxygen atoms in total. The smallest absolute Gasteiger partial charge is 0.257 e. The summed E-state index contributed by atoms with van der Waals surface area (Å²) >= 11 is 0. The fourth-order valence-electron chi connectivity index (χ4n) is 4.28. The van der Waals surface area contributed by atoms with Crippen molar-refractivity contribution in [3.05, 3.63) is 103 Å². The molecule has 0 aliphatic carbocycles. The van der Waals surface area contributed by atoms with E-state index in [-0.39, 0.29) is 12.5 Å². The van der Waals surface area contributed by atoms with E-state index >= 15 is 0 Å². The molecule has 6 heteroatoms. The number of aryl methyl sites for hydroxylation is 2. The standard InChI is InChI=1S/C31H35N3O3/c1-2-13-25-14-6-9-19-29(25)36-23-11-10-22-34-28-18-8-7-17-27(28)33-30(34)20-12-21-32-31(35)24-37-26-15-4-3-5-16-26/h2-9,14-19H,1,10-13,20-24H2,(H,32,35). The first-order valence-corrected chi connectivity index (χ1v) is 12.9. The number of fused-ring (bicyclic) bond motifs is 1. The number of aromatic nitrogens is 2. The lowest BCUT2D eigenvalue weighted by atomic mass is 10.1. The third-order valence-electron chi connectivity index (χ3n) is 6.12. The van der Waals surface area contributed by atoms with Crippen LogP contribution in [-0.4, -0.2) is 35.2 Å². The number of hydrogen-bond donors (Lipinski definition) is 1. The first kappa shape index (κ1) is 26.0. The predicted octanol–water partition coefficient (Wildman–Crippen LogP) is 5.75. The van der Waals surface area contributed by atoms with E-state index in [1.807, 2.05) is 60.7 Å². The van der Waals surface area contributed by atoms with Gasteiger partial charge in [0.15, 0.2) is 6.61 Å². The highest BCUT2D eigenvalue weighted by atomic mass is 16.5. The Kier molecular flexibility index (Phi) is 9.76. The molecule has 37 heavy (non-hydrogen) atoms. The zero-order valence-corrected chi connectivity index (χ0v) is 21.3. The number of para-hydroxylation sites is 4. The number of carbonyl (C=O) groups excluding carboxylic acids is 1. The maximum Gasteiger partial charge on any atom is 0.257 e. The summed E-state index contributed by atoms with van der Waals surface area (Å²) in [5.74, 6) is 2.56. The average molecular weight is 498 g/mol. The maximum absolute atomic E-state index is 12.1. The Labute approximate surface area is 218 Å². The number of nitrogens with one attached hydrogen (secondary N) is 1. The molecule has 1 aromatic heterocycles. The Balaban J connectivity index is 1.24. The van der Waals surface area contributed by atoms with Crippen molar-refractivity contribution in [1.82, 2.24) is 14.9 Å². The molecule has 0 saturated carbocycles. The van der Waals surface area contributed by atoms with Crippen LogP contribution >= 0.6 is 0 Å². The quantitative estimate of drug-likeness (QED) is 0.168. The summed E-state index contributed by atoms with van der Waals surface area (Å²) in [6.07, 6.45) is 6.25. The number of ether oxygens (including phenoxy) is 2. The number of imidazole rings is 1. The largest absolute Gasteiger partial charge is 0.493 e. The molecule has 4 rings (SSSR count). The summed E-state index contributed by atoms with van der Waals surface area (Å²) in [4.78, 5) is 17.0. The van der Waals surface area contributed by atoms with Gasteiger partial charge in [0.1, 0.15) is 17.3 Å². The highest BCUT2D eigenvalue weighted by Gasteiger charge is 2.11. The molecule has 0 unspecified atom stereocenters. The fourth-order valence-corrected chi connectivity index (χ4v) is 4.28. The fraction of sp³-hybridized carbons (Fsp3) is 0.290. The molecule has 4 aromatic rings. The first-order chi connectivity index (χ1) is 18.2. The van der Waals surface area contributed by atoms with Gasteiger partial charge in [-0.25, -0.2) is 4.98 Å². The number of nitrogens with zero attached hydrogens (tertiary/aromatic N) is 2. The van der Waals surface area contributed by atoms with Crippen LogP contribution in [0.25, 0.3) is 11.0 Å². The normalized spacial score (nSPS) is 10.8. The van der Waals surface area contributed by atoms with Gasteiger partial charge >= 0.3 is 0 Å². The van der Waals surface area contributed by atoms with E-state index in [2.05, 4.69) is 40.7 Å². The lowest BCUT2D eigenvalue weighted by Crippen LogP contribution is -2.30. The summed E-state index contributed by atoms with van der Waals surface area (Å²) in [5.41, 5.74) is 3.32. The molecule has 0 spiro atoms.